The Hall–Kier alpha value is -1.56. The zero-order chi connectivity index (χ0) is 16.6. The van der Waals surface area contributed by atoms with Gasteiger partial charge in [-0.1, -0.05) is 23.7 Å². The lowest BCUT2D eigenvalue weighted by Gasteiger charge is -2.33. The fourth-order valence-corrected chi connectivity index (χ4v) is 4.68. The van der Waals surface area contributed by atoms with E-state index >= 15 is 0 Å². The Bertz CT molecular complexity index is 834. The highest BCUT2D eigenvalue weighted by Gasteiger charge is 2.33. The van der Waals surface area contributed by atoms with Crippen molar-refractivity contribution >= 4 is 32.8 Å². The monoisotopic (exact) mass is 350 g/mol. The molecule has 0 saturated heterocycles. The van der Waals surface area contributed by atoms with Crippen molar-refractivity contribution in [3.05, 3.63) is 47.5 Å². The van der Waals surface area contributed by atoms with E-state index in [4.69, 9.17) is 11.6 Å². The van der Waals surface area contributed by atoms with E-state index in [1.165, 1.54) is 0 Å². The molecule has 4 nitrogen and oxygen atoms in total. The van der Waals surface area contributed by atoms with E-state index in [-0.39, 0.29) is 0 Å². The van der Waals surface area contributed by atoms with E-state index in [0.29, 0.717) is 20.5 Å². The van der Waals surface area contributed by atoms with E-state index in [0.717, 1.165) is 25.2 Å². The van der Waals surface area contributed by atoms with E-state index in [1.54, 1.807) is 30.3 Å². The molecule has 23 heavy (non-hydrogen) atoms. The number of para-hydroxylation sites is 1. The number of halogens is 1. The number of nitrogens with zero attached hydrogens (tertiary/aromatic N) is 2. The summed E-state index contributed by atoms with van der Waals surface area (Å²) < 4.78 is 25.7. The van der Waals surface area contributed by atoms with Crippen LogP contribution in [0.4, 0.5) is 11.4 Å². The molecule has 3 rings (SSSR count). The van der Waals surface area contributed by atoms with Gasteiger partial charge in [0.2, 0.25) is 9.84 Å². The molecule has 0 amide bonds. The van der Waals surface area contributed by atoms with Crippen molar-refractivity contribution in [3.8, 4) is 0 Å². The second kappa shape index (κ2) is 6.15. The highest BCUT2D eigenvalue weighted by atomic mass is 35.5. The molecule has 0 aromatic heterocycles. The van der Waals surface area contributed by atoms with Gasteiger partial charge in [0.25, 0.3) is 0 Å². The molecule has 0 N–H and O–H groups in total. The van der Waals surface area contributed by atoms with Crippen LogP contribution in [0.5, 0.6) is 0 Å². The topological polar surface area (TPSA) is 40.6 Å². The Morgan fingerprint density at radius 2 is 1.74 bits per heavy atom. The lowest BCUT2D eigenvalue weighted by atomic mass is 10.2. The average Bonchev–Trinajstić information content (AvgIpc) is 2.50. The lowest BCUT2D eigenvalue weighted by Crippen LogP contribution is -2.28. The van der Waals surface area contributed by atoms with Gasteiger partial charge < -0.3 is 9.80 Å². The van der Waals surface area contributed by atoms with Gasteiger partial charge in [-0.2, -0.15) is 0 Å². The van der Waals surface area contributed by atoms with Crippen LogP contribution in [0.3, 0.4) is 0 Å². The SMILES string of the molecule is CN(C)CCCN1c2ccccc2S(=O)(=O)c2ccc(Cl)cc21. The van der Waals surface area contributed by atoms with Crippen molar-refractivity contribution in [3.63, 3.8) is 0 Å². The molecule has 0 fully saturated rings. The number of fused-ring (bicyclic) bond motifs is 2. The summed E-state index contributed by atoms with van der Waals surface area (Å²) in [6, 6.07) is 12.1. The first-order valence-corrected chi connectivity index (χ1v) is 9.33. The summed E-state index contributed by atoms with van der Waals surface area (Å²) in [5, 5.41) is 0.538. The van der Waals surface area contributed by atoms with Crippen molar-refractivity contribution in [1.29, 1.82) is 0 Å². The first kappa shape index (κ1) is 16.3. The van der Waals surface area contributed by atoms with Gasteiger partial charge in [-0.05, 0) is 57.4 Å². The summed E-state index contributed by atoms with van der Waals surface area (Å²) in [6.45, 7) is 1.67. The van der Waals surface area contributed by atoms with Crippen LogP contribution in [-0.4, -0.2) is 40.5 Å². The Kier molecular flexibility index (Phi) is 4.36. The fourth-order valence-electron chi connectivity index (χ4n) is 2.87. The Labute approximate surface area is 142 Å². The molecule has 1 aliphatic heterocycles. The number of hydrogen-bond acceptors (Lipinski definition) is 4. The standard InChI is InChI=1S/C17H19ClN2O2S/c1-19(2)10-5-11-20-14-6-3-4-7-16(14)23(21,22)17-9-8-13(18)12-15(17)20/h3-4,6-9,12H,5,10-11H2,1-2H3. The Morgan fingerprint density at radius 1 is 1.04 bits per heavy atom. The molecule has 1 aliphatic rings. The summed E-state index contributed by atoms with van der Waals surface area (Å²) in [4.78, 5) is 4.86. The maximum Gasteiger partial charge on any atom is 0.210 e. The van der Waals surface area contributed by atoms with Gasteiger partial charge in [-0.25, -0.2) is 8.42 Å². The van der Waals surface area contributed by atoms with Crippen molar-refractivity contribution in [2.75, 3.05) is 32.1 Å². The number of anilines is 2. The molecule has 122 valence electrons. The van der Waals surface area contributed by atoms with E-state index in [1.807, 2.05) is 26.2 Å². The zero-order valence-corrected chi connectivity index (χ0v) is 14.7. The molecule has 0 radical (unpaired) electrons. The van der Waals surface area contributed by atoms with Crippen LogP contribution in [0.1, 0.15) is 6.42 Å². The van der Waals surface area contributed by atoms with Crippen LogP contribution in [0.2, 0.25) is 5.02 Å². The van der Waals surface area contributed by atoms with Crippen molar-refractivity contribution < 1.29 is 8.42 Å². The smallest absolute Gasteiger partial charge is 0.210 e. The quantitative estimate of drug-likeness (QED) is 0.845. The summed E-state index contributed by atoms with van der Waals surface area (Å²) in [7, 11) is 0.551. The molecule has 0 atom stereocenters. The second-order valence-electron chi connectivity index (χ2n) is 5.89. The number of sulfone groups is 1. The van der Waals surface area contributed by atoms with Crippen LogP contribution in [0.25, 0.3) is 0 Å². The van der Waals surface area contributed by atoms with Crippen LogP contribution >= 0.6 is 11.6 Å². The van der Waals surface area contributed by atoms with Crippen molar-refractivity contribution in [2.45, 2.75) is 16.2 Å². The van der Waals surface area contributed by atoms with E-state index < -0.39 is 9.84 Å². The first-order valence-electron chi connectivity index (χ1n) is 7.47. The number of rotatable bonds is 4. The van der Waals surface area contributed by atoms with Crippen LogP contribution in [0, 0.1) is 0 Å². The van der Waals surface area contributed by atoms with Crippen molar-refractivity contribution in [1.82, 2.24) is 4.90 Å². The fraction of sp³-hybridized carbons (Fsp3) is 0.294. The van der Waals surface area contributed by atoms with Gasteiger partial charge >= 0.3 is 0 Å². The highest BCUT2D eigenvalue weighted by Crippen LogP contribution is 2.44. The average molecular weight is 351 g/mol. The summed E-state index contributed by atoms with van der Waals surface area (Å²) in [5.74, 6) is 0. The highest BCUT2D eigenvalue weighted by molar-refractivity contribution is 7.92. The minimum atomic E-state index is -3.50. The van der Waals surface area contributed by atoms with Gasteiger partial charge in [0.05, 0.1) is 21.2 Å². The minimum Gasteiger partial charge on any atom is -0.339 e. The van der Waals surface area contributed by atoms with Crippen LogP contribution in [0.15, 0.2) is 52.3 Å². The predicted octanol–water partition coefficient (Wildman–Crippen LogP) is 3.58. The zero-order valence-electron chi connectivity index (χ0n) is 13.2. The molecular formula is C17H19ClN2O2S. The molecule has 2 aromatic rings. The third-order valence-electron chi connectivity index (χ3n) is 3.93. The molecule has 0 saturated carbocycles. The maximum atomic E-state index is 12.9. The van der Waals surface area contributed by atoms with Gasteiger partial charge in [0.15, 0.2) is 0 Å². The Morgan fingerprint density at radius 3 is 2.48 bits per heavy atom. The maximum absolute atomic E-state index is 12.9. The largest absolute Gasteiger partial charge is 0.339 e. The summed E-state index contributed by atoms with van der Waals surface area (Å²) >= 11 is 6.12. The van der Waals surface area contributed by atoms with Crippen LogP contribution < -0.4 is 4.90 Å². The van der Waals surface area contributed by atoms with E-state index in [9.17, 15) is 8.42 Å². The third kappa shape index (κ3) is 2.96. The van der Waals surface area contributed by atoms with Gasteiger partial charge in [0.1, 0.15) is 0 Å². The van der Waals surface area contributed by atoms with Gasteiger partial charge in [-0.3, -0.25) is 0 Å². The third-order valence-corrected chi connectivity index (χ3v) is 6.02. The van der Waals surface area contributed by atoms with Crippen molar-refractivity contribution in [2.24, 2.45) is 0 Å². The molecule has 0 bridgehead atoms. The number of hydrogen-bond donors (Lipinski definition) is 0. The first-order chi connectivity index (χ1) is 10.9. The van der Waals surface area contributed by atoms with Crippen LogP contribution in [-0.2, 0) is 9.84 Å². The summed E-state index contributed by atoms with van der Waals surface area (Å²) in [5.41, 5.74) is 1.39. The second-order valence-corrected chi connectivity index (χ2v) is 8.21. The summed E-state index contributed by atoms with van der Waals surface area (Å²) in [6.07, 6.45) is 0.924. The van der Waals surface area contributed by atoms with E-state index in [2.05, 4.69) is 9.80 Å². The lowest BCUT2D eigenvalue weighted by molar-refractivity contribution is 0.402. The Balaban J connectivity index is 2.11. The van der Waals surface area contributed by atoms with Gasteiger partial charge in [-0.15, -0.1) is 0 Å². The predicted molar refractivity (Wildman–Crippen MR) is 93.5 cm³/mol. The molecule has 0 spiro atoms. The minimum absolute atomic E-state index is 0.324. The molecular weight excluding hydrogens is 332 g/mol. The normalized spacial score (nSPS) is 15.4. The number of benzene rings is 2. The molecule has 1 heterocycles. The molecule has 2 aromatic carbocycles. The molecule has 0 unspecified atom stereocenters. The van der Waals surface area contributed by atoms with Gasteiger partial charge in [0, 0.05) is 11.6 Å². The molecule has 6 heteroatoms. The molecule has 0 aliphatic carbocycles.